The van der Waals surface area contributed by atoms with Crippen LogP contribution in [0.4, 0.5) is 5.69 Å². The standard InChI is InChI=1S/C25H25IN2O5S/c1-32-20-13-16(12-19(26)23(20)33-15-22(29)30)14-21-24(31)28(18-10-6-3-7-11-18)25(34-21)27-17-8-4-2-5-9-17/h2,4-5,8-9,12-14,18H,3,6-7,10-11,15H2,1H3,(H,29,30)/b21-14-,27-25?. The van der Waals surface area contributed by atoms with Gasteiger partial charge in [-0.2, -0.15) is 0 Å². The second-order valence-corrected chi connectivity index (χ2v) is 10.2. The van der Waals surface area contributed by atoms with Gasteiger partial charge in [0.2, 0.25) is 0 Å². The minimum Gasteiger partial charge on any atom is -0.493 e. The number of aliphatic imine (C=N–C) groups is 1. The first-order valence-electron chi connectivity index (χ1n) is 11.0. The number of thioether (sulfide) groups is 1. The molecule has 0 bridgehead atoms. The number of carbonyl (C=O) groups is 2. The maximum atomic E-state index is 13.5. The number of carboxylic acid groups (broad SMARTS) is 1. The number of amidine groups is 1. The van der Waals surface area contributed by atoms with Crippen molar-refractivity contribution in [2.45, 2.75) is 38.1 Å². The third kappa shape index (κ3) is 5.75. The van der Waals surface area contributed by atoms with Gasteiger partial charge in [-0.15, -0.1) is 0 Å². The van der Waals surface area contributed by atoms with Crippen LogP contribution < -0.4 is 9.47 Å². The Hall–Kier alpha value is -2.53. The van der Waals surface area contributed by atoms with E-state index in [4.69, 9.17) is 19.6 Å². The van der Waals surface area contributed by atoms with E-state index in [-0.39, 0.29) is 11.9 Å². The Kier molecular flexibility index (Phi) is 8.15. The van der Waals surface area contributed by atoms with Gasteiger partial charge < -0.3 is 14.6 Å². The summed E-state index contributed by atoms with van der Waals surface area (Å²) in [7, 11) is 1.50. The molecule has 1 heterocycles. The van der Waals surface area contributed by atoms with Crippen LogP contribution in [-0.2, 0) is 9.59 Å². The minimum atomic E-state index is -1.06. The van der Waals surface area contributed by atoms with Gasteiger partial charge in [-0.1, -0.05) is 37.5 Å². The molecule has 1 saturated heterocycles. The van der Waals surface area contributed by atoms with E-state index in [1.54, 1.807) is 6.07 Å². The maximum absolute atomic E-state index is 13.5. The quantitative estimate of drug-likeness (QED) is 0.328. The molecule has 2 aromatic rings. The Bertz CT molecular complexity index is 1130. The summed E-state index contributed by atoms with van der Waals surface area (Å²) in [5.41, 5.74) is 1.58. The highest BCUT2D eigenvalue weighted by Gasteiger charge is 2.38. The molecule has 1 aliphatic heterocycles. The van der Waals surface area contributed by atoms with Crippen LogP contribution in [0.15, 0.2) is 52.4 Å². The van der Waals surface area contributed by atoms with Crippen LogP contribution in [0.25, 0.3) is 6.08 Å². The summed E-state index contributed by atoms with van der Waals surface area (Å²) in [5.74, 6) is -0.317. The topological polar surface area (TPSA) is 88.4 Å². The molecule has 0 spiro atoms. The van der Waals surface area contributed by atoms with Crippen molar-refractivity contribution in [1.29, 1.82) is 0 Å². The molecule has 1 N–H and O–H groups in total. The van der Waals surface area contributed by atoms with Crippen LogP contribution in [0.1, 0.15) is 37.7 Å². The second-order valence-electron chi connectivity index (χ2n) is 8.02. The van der Waals surface area contributed by atoms with E-state index in [1.165, 1.54) is 25.3 Å². The Balaban J connectivity index is 1.67. The Morgan fingerprint density at radius 2 is 1.97 bits per heavy atom. The fourth-order valence-electron chi connectivity index (χ4n) is 4.09. The van der Waals surface area contributed by atoms with Crippen molar-refractivity contribution in [3.8, 4) is 11.5 Å². The SMILES string of the molecule is COc1cc(/C=C2\SC(=Nc3ccccc3)N(C3CCCCC3)C2=O)cc(I)c1OCC(=O)O. The fourth-order valence-corrected chi connectivity index (χ4v) is 5.93. The first-order valence-corrected chi connectivity index (χ1v) is 12.9. The molecule has 2 aromatic carbocycles. The molecule has 9 heteroatoms. The number of aliphatic carboxylic acids is 1. The van der Waals surface area contributed by atoms with Gasteiger partial charge in [-0.3, -0.25) is 9.69 Å². The molecule has 1 aliphatic carbocycles. The van der Waals surface area contributed by atoms with Crippen molar-refractivity contribution in [1.82, 2.24) is 4.90 Å². The van der Waals surface area contributed by atoms with Crippen LogP contribution in [0.2, 0.25) is 0 Å². The molecule has 2 aliphatic rings. The molecular formula is C25H25IN2O5S. The first kappa shape index (κ1) is 24.6. The van der Waals surface area contributed by atoms with Crippen molar-refractivity contribution in [2.75, 3.05) is 13.7 Å². The largest absolute Gasteiger partial charge is 0.493 e. The number of hydrogen-bond acceptors (Lipinski definition) is 6. The predicted molar refractivity (Wildman–Crippen MR) is 142 cm³/mol. The number of amides is 1. The molecule has 0 aromatic heterocycles. The molecule has 178 valence electrons. The summed E-state index contributed by atoms with van der Waals surface area (Å²) in [5, 5.41) is 9.64. The lowest BCUT2D eigenvalue weighted by molar-refractivity contribution is -0.139. The average Bonchev–Trinajstić information content (AvgIpc) is 3.13. The van der Waals surface area contributed by atoms with E-state index in [2.05, 4.69) is 22.6 Å². The van der Waals surface area contributed by atoms with Gasteiger partial charge in [0.1, 0.15) is 0 Å². The molecule has 34 heavy (non-hydrogen) atoms. The Morgan fingerprint density at radius 1 is 1.24 bits per heavy atom. The zero-order chi connectivity index (χ0) is 24.1. The number of carbonyl (C=O) groups excluding carboxylic acids is 1. The highest BCUT2D eigenvalue weighted by molar-refractivity contribution is 14.1. The molecule has 0 atom stereocenters. The lowest BCUT2D eigenvalue weighted by atomic mass is 9.94. The normalized spacial score (nSPS) is 19.1. The van der Waals surface area contributed by atoms with Crippen LogP contribution in [0.5, 0.6) is 11.5 Å². The monoisotopic (exact) mass is 592 g/mol. The Labute approximate surface area is 216 Å². The molecule has 4 rings (SSSR count). The smallest absolute Gasteiger partial charge is 0.341 e. The van der Waals surface area contributed by atoms with Gasteiger partial charge in [-0.25, -0.2) is 9.79 Å². The number of nitrogens with zero attached hydrogens (tertiary/aromatic N) is 2. The van der Waals surface area contributed by atoms with E-state index in [9.17, 15) is 9.59 Å². The van der Waals surface area contributed by atoms with Crippen molar-refractivity contribution in [3.63, 3.8) is 0 Å². The van der Waals surface area contributed by atoms with Gasteiger partial charge in [0.15, 0.2) is 23.3 Å². The zero-order valence-corrected chi connectivity index (χ0v) is 21.7. The minimum absolute atomic E-state index is 0.0354. The van der Waals surface area contributed by atoms with Crippen molar-refractivity contribution in [2.24, 2.45) is 4.99 Å². The zero-order valence-electron chi connectivity index (χ0n) is 18.7. The lowest BCUT2D eigenvalue weighted by Crippen LogP contribution is -2.40. The van der Waals surface area contributed by atoms with E-state index in [1.807, 2.05) is 47.4 Å². The van der Waals surface area contributed by atoms with E-state index < -0.39 is 12.6 Å². The number of halogens is 1. The number of carboxylic acids is 1. The number of rotatable bonds is 7. The van der Waals surface area contributed by atoms with E-state index in [0.29, 0.717) is 25.1 Å². The molecule has 0 unspecified atom stereocenters. The molecule has 1 saturated carbocycles. The van der Waals surface area contributed by atoms with Crippen LogP contribution in [0.3, 0.4) is 0 Å². The molecule has 7 nitrogen and oxygen atoms in total. The van der Waals surface area contributed by atoms with Gasteiger partial charge in [0.25, 0.3) is 5.91 Å². The molecule has 2 fully saturated rings. The number of ether oxygens (including phenoxy) is 2. The fraction of sp³-hybridized carbons (Fsp3) is 0.320. The van der Waals surface area contributed by atoms with E-state index >= 15 is 0 Å². The summed E-state index contributed by atoms with van der Waals surface area (Å²) in [6, 6.07) is 13.4. The second kappa shape index (κ2) is 11.3. The average molecular weight is 592 g/mol. The number of para-hydroxylation sites is 1. The third-order valence-electron chi connectivity index (χ3n) is 5.65. The summed E-state index contributed by atoms with van der Waals surface area (Å²) in [6.07, 6.45) is 7.23. The third-order valence-corrected chi connectivity index (χ3v) is 7.43. The van der Waals surface area contributed by atoms with Gasteiger partial charge >= 0.3 is 5.97 Å². The maximum Gasteiger partial charge on any atom is 0.341 e. The predicted octanol–water partition coefficient (Wildman–Crippen LogP) is 5.70. The number of benzene rings is 2. The van der Waals surface area contributed by atoms with Crippen molar-refractivity contribution in [3.05, 3.63) is 56.5 Å². The molecular weight excluding hydrogens is 567 g/mol. The van der Waals surface area contributed by atoms with Crippen LogP contribution in [0, 0.1) is 3.57 Å². The van der Waals surface area contributed by atoms with Crippen LogP contribution in [-0.4, -0.2) is 46.8 Å². The van der Waals surface area contributed by atoms with Crippen LogP contribution >= 0.6 is 34.4 Å². The molecule has 1 amide bonds. The summed E-state index contributed by atoms with van der Waals surface area (Å²) in [4.78, 5) is 31.7. The lowest BCUT2D eigenvalue weighted by Gasteiger charge is -2.30. The highest BCUT2D eigenvalue weighted by Crippen LogP contribution is 2.40. The number of methoxy groups -OCH3 is 1. The van der Waals surface area contributed by atoms with Crippen molar-refractivity contribution >= 4 is 63.2 Å². The molecule has 0 radical (unpaired) electrons. The Morgan fingerprint density at radius 3 is 2.65 bits per heavy atom. The van der Waals surface area contributed by atoms with Crippen molar-refractivity contribution < 1.29 is 24.2 Å². The van der Waals surface area contributed by atoms with Gasteiger partial charge in [0.05, 0.1) is 21.3 Å². The summed E-state index contributed by atoms with van der Waals surface area (Å²) in [6.45, 7) is -0.462. The van der Waals surface area contributed by atoms with Gasteiger partial charge in [0, 0.05) is 6.04 Å². The first-order chi connectivity index (χ1) is 16.5. The summed E-state index contributed by atoms with van der Waals surface area (Å²) >= 11 is 3.46. The highest BCUT2D eigenvalue weighted by atomic mass is 127. The van der Waals surface area contributed by atoms with E-state index in [0.717, 1.165) is 36.9 Å². The van der Waals surface area contributed by atoms with Gasteiger partial charge in [-0.05, 0) is 83.1 Å². The number of hydrogen-bond donors (Lipinski definition) is 1. The summed E-state index contributed by atoms with van der Waals surface area (Å²) < 4.78 is 11.5.